The second-order valence-electron chi connectivity index (χ2n) is 8.82. The number of benzene rings is 3. The predicted molar refractivity (Wildman–Crippen MR) is 129 cm³/mol. The highest BCUT2D eigenvalue weighted by Gasteiger charge is 2.41. The van der Waals surface area contributed by atoms with Gasteiger partial charge >= 0.3 is 12.1 Å². The van der Waals surface area contributed by atoms with Crippen molar-refractivity contribution in [2.24, 2.45) is 5.92 Å². The van der Waals surface area contributed by atoms with Crippen molar-refractivity contribution in [1.29, 1.82) is 0 Å². The Morgan fingerprint density at radius 3 is 2.24 bits per heavy atom. The Hall–Kier alpha value is -3.12. The van der Waals surface area contributed by atoms with E-state index in [-0.39, 0.29) is 25.0 Å². The van der Waals surface area contributed by atoms with E-state index in [2.05, 4.69) is 40.2 Å². The van der Waals surface area contributed by atoms with Gasteiger partial charge in [0.25, 0.3) is 0 Å². The zero-order chi connectivity index (χ0) is 23.1. The fourth-order valence-corrected chi connectivity index (χ4v) is 5.83. The molecule has 168 valence electrons. The number of carboxylic acids is 1. The van der Waals surface area contributed by atoms with Gasteiger partial charge in [-0.15, -0.1) is 0 Å². The highest BCUT2D eigenvalue weighted by molar-refractivity contribution is 9.10. The maximum Gasteiger partial charge on any atom is 0.409 e. The highest BCUT2D eigenvalue weighted by atomic mass is 79.9. The number of amides is 1. The van der Waals surface area contributed by atoms with Gasteiger partial charge in [0.15, 0.2) is 0 Å². The van der Waals surface area contributed by atoms with Crippen molar-refractivity contribution < 1.29 is 19.4 Å². The van der Waals surface area contributed by atoms with Crippen LogP contribution in [0.15, 0.2) is 71.2 Å². The van der Waals surface area contributed by atoms with Gasteiger partial charge in [-0.3, -0.25) is 4.79 Å². The lowest BCUT2D eigenvalue weighted by molar-refractivity contribution is -0.141. The summed E-state index contributed by atoms with van der Waals surface area (Å²) in [6, 6.07) is 22.3. The van der Waals surface area contributed by atoms with Gasteiger partial charge in [0.1, 0.15) is 6.61 Å². The topological polar surface area (TPSA) is 66.8 Å². The molecule has 0 radical (unpaired) electrons. The number of carboxylic acid groups (broad SMARTS) is 1. The SMILES string of the molecule is Cc1cc(Br)cc(C2CN(C(=O)OCC3c4ccccc4-c4ccccc43)CC2C(=O)O)c1. The third kappa shape index (κ3) is 4.04. The van der Waals surface area contributed by atoms with Crippen LogP contribution in [-0.2, 0) is 9.53 Å². The number of carbonyl (C=O) groups excluding carboxylic acids is 1. The summed E-state index contributed by atoms with van der Waals surface area (Å²) in [4.78, 5) is 26.5. The van der Waals surface area contributed by atoms with Crippen molar-refractivity contribution in [1.82, 2.24) is 4.90 Å². The van der Waals surface area contributed by atoms with Gasteiger partial charge in [-0.1, -0.05) is 70.5 Å². The minimum absolute atomic E-state index is 0.0252. The molecule has 1 aliphatic carbocycles. The van der Waals surface area contributed by atoms with Crippen molar-refractivity contribution in [3.05, 3.63) is 93.5 Å². The molecule has 1 N–H and O–H groups in total. The molecule has 0 spiro atoms. The van der Waals surface area contributed by atoms with Crippen LogP contribution in [-0.4, -0.2) is 41.8 Å². The Morgan fingerprint density at radius 2 is 1.64 bits per heavy atom. The number of fused-ring (bicyclic) bond motifs is 3. The van der Waals surface area contributed by atoms with Gasteiger partial charge < -0.3 is 14.7 Å². The zero-order valence-corrected chi connectivity index (χ0v) is 19.8. The van der Waals surface area contributed by atoms with Crippen molar-refractivity contribution >= 4 is 28.0 Å². The largest absolute Gasteiger partial charge is 0.481 e. The summed E-state index contributed by atoms with van der Waals surface area (Å²) < 4.78 is 6.67. The number of halogens is 1. The lowest BCUT2D eigenvalue weighted by Gasteiger charge is -2.19. The second kappa shape index (κ2) is 8.67. The molecule has 3 aromatic carbocycles. The van der Waals surface area contributed by atoms with Crippen LogP contribution in [0.2, 0.25) is 0 Å². The van der Waals surface area contributed by atoms with Crippen LogP contribution in [0.5, 0.6) is 0 Å². The molecule has 33 heavy (non-hydrogen) atoms. The smallest absolute Gasteiger partial charge is 0.409 e. The van der Waals surface area contributed by atoms with Crippen molar-refractivity contribution in [3.63, 3.8) is 0 Å². The van der Waals surface area contributed by atoms with Gasteiger partial charge in [0, 0.05) is 29.4 Å². The van der Waals surface area contributed by atoms with E-state index in [4.69, 9.17) is 4.74 Å². The molecule has 1 amide bonds. The molecule has 6 heteroatoms. The summed E-state index contributed by atoms with van der Waals surface area (Å²) in [6.07, 6.45) is -0.461. The fourth-order valence-electron chi connectivity index (χ4n) is 5.20. The van der Waals surface area contributed by atoms with Crippen LogP contribution >= 0.6 is 15.9 Å². The molecule has 2 unspecified atom stereocenters. The van der Waals surface area contributed by atoms with Crippen molar-refractivity contribution in [2.45, 2.75) is 18.8 Å². The molecular formula is C27H24BrNO4. The molecular weight excluding hydrogens is 482 g/mol. The van der Waals surface area contributed by atoms with E-state index in [1.54, 1.807) is 0 Å². The minimum Gasteiger partial charge on any atom is -0.481 e. The first-order valence-electron chi connectivity index (χ1n) is 11.0. The quantitative estimate of drug-likeness (QED) is 0.485. The van der Waals surface area contributed by atoms with Crippen molar-refractivity contribution in [2.75, 3.05) is 19.7 Å². The molecule has 1 heterocycles. The Morgan fingerprint density at radius 1 is 1.00 bits per heavy atom. The summed E-state index contributed by atoms with van der Waals surface area (Å²) in [6.45, 7) is 2.66. The molecule has 1 aliphatic heterocycles. The van der Waals surface area contributed by atoms with E-state index in [0.29, 0.717) is 6.54 Å². The number of rotatable bonds is 4. The molecule has 0 saturated carbocycles. The summed E-state index contributed by atoms with van der Waals surface area (Å²) in [5.41, 5.74) is 6.61. The van der Waals surface area contributed by atoms with Gasteiger partial charge in [-0.25, -0.2) is 4.79 Å². The molecule has 3 aromatic rings. The van der Waals surface area contributed by atoms with E-state index < -0.39 is 18.0 Å². The molecule has 0 aromatic heterocycles. The highest BCUT2D eigenvalue weighted by Crippen LogP contribution is 2.44. The number of hydrogen-bond acceptors (Lipinski definition) is 3. The molecule has 2 aliphatic rings. The average molecular weight is 506 g/mol. The normalized spacial score (nSPS) is 19.3. The molecule has 0 bridgehead atoms. The Balaban J connectivity index is 1.33. The summed E-state index contributed by atoms with van der Waals surface area (Å²) in [7, 11) is 0. The number of nitrogens with zero attached hydrogens (tertiary/aromatic N) is 1. The third-order valence-corrected chi connectivity index (χ3v) is 7.18. The predicted octanol–water partition coefficient (Wildman–Crippen LogP) is 5.81. The molecule has 5 rings (SSSR count). The molecule has 2 atom stereocenters. The van der Waals surface area contributed by atoms with Gasteiger partial charge in [0.05, 0.1) is 5.92 Å². The van der Waals surface area contributed by atoms with Gasteiger partial charge in [0.2, 0.25) is 0 Å². The molecule has 1 saturated heterocycles. The second-order valence-corrected chi connectivity index (χ2v) is 9.74. The van der Waals surface area contributed by atoms with Crippen LogP contribution in [0.1, 0.15) is 34.1 Å². The Labute approximate surface area is 201 Å². The Kier molecular flexibility index (Phi) is 5.71. The van der Waals surface area contributed by atoms with E-state index in [1.807, 2.05) is 49.4 Å². The van der Waals surface area contributed by atoms with E-state index >= 15 is 0 Å². The monoisotopic (exact) mass is 505 g/mol. The standard InChI is InChI=1S/C27H24BrNO4/c1-16-10-17(12-18(28)11-16)23-13-29(14-24(23)26(30)31)27(32)33-15-25-21-8-4-2-6-19(21)20-7-3-5-9-22(20)25/h2-12,23-25H,13-15H2,1H3,(H,30,31). The van der Waals surface area contributed by atoms with Crippen LogP contribution in [0.3, 0.4) is 0 Å². The first-order chi connectivity index (χ1) is 15.9. The number of likely N-dealkylation sites (tertiary alicyclic amines) is 1. The zero-order valence-electron chi connectivity index (χ0n) is 18.2. The Bertz CT molecular complexity index is 1170. The van der Waals surface area contributed by atoms with Crippen molar-refractivity contribution in [3.8, 4) is 11.1 Å². The van der Waals surface area contributed by atoms with Crippen LogP contribution in [0, 0.1) is 12.8 Å². The number of aliphatic carboxylic acids is 1. The maximum absolute atomic E-state index is 13.0. The summed E-state index contributed by atoms with van der Waals surface area (Å²) >= 11 is 3.50. The van der Waals surface area contributed by atoms with E-state index in [9.17, 15) is 14.7 Å². The number of ether oxygens (including phenoxy) is 1. The van der Waals surface area contributed by atoms with E-state index in [0.717, 1.165) is 26.7 Å². The molecule has 5 nitrogen and oxygen atoms in total. The van der Waals surface area contributed by atoms with Crippen LogP contribution in [0.25, 0.3) is 11.1 Å². The number of aryl methyl sites for hydroxylation is 1. The third-order valence-electron chi connectivity index (χ3n) is 6.72. The lowest BCUT2D eigenvalue weighted by Crippen LogP contribution is -2.31. The van der Waals surface area contributed by atoms with E-state index in [1.165, 1.54) is 16.0 Å². The average Bonchev–Trinajstić information content (AvgIpc) is 3.38. The first-order valence-corrected chi connectivity index (χ1v) is 11.8. The lowest BCUT2D eigenvalue weighted by atomic mass is 9.88. The summed E-state index contributed by atoms with van der Waals surface area (Å²) in [5, 5.41) is 9.81. The maximum atomic E-state index is 13.0. The van der Waals surface area contributed by atoms with Gasteiger partial charge in [-0.2, -0.15) is 0 Å². The number of carbonyl (C=O) groups is 2. The first kappa shape index (κ1) is 21.7. The fraction of sp³-hybridized carbons (Fsp3) is 0.259. The summed E-state index contributed by atoms with van der Waals surface area (Å²) in [5.74, 6) is -1.87. The van der Waals surface area contributed by atoms with Gasteiger partial charge in [-0.05, 0) is 52.4 Å². The van der Waals surface area contributed by atoms with Crippen LogP contribution < -0.4 is 0 Å². The van der Waals surface area contributed by atoms with Crippen LogP contribution in [0.4, 0.5) is 4.79 Å². The molecule has 1 fully saturated rings. The number of hydrogen-bond donors (Lipinski definition) is 1. The minimum atomic E-state index is -0.897.